The van der Waals surface area contributed by atoms with E-state index >= 15 is 0 Å². The predicted molar refractivity (Wildman–Crippen MR) is 101 cm³/mol. The van der Waals surface area contributed by atoms with E-state index in [9.17, 15) is 9.18 Å². The van der Waals surface area contributed by atoms with Crippen LogP contribution in [0.2, 0.25) is 0 Å². The second-order valence-electron chi connectivity index (χ2n) is 6.00. The van der Waals surface area contributed by atoms with Crippen molar-refractivity contribution in [3.8, 4) is 0 Å². The molecule has 0 atom stereocenters. The summed E-state index contributed by atoms with van der Waals surface area (Å²) < 4.78 is 13.0. The molecular formula is C17H21FN6OS. The SMILES string of the molecule is Nc1nc(CSCC(=O)N2CCCCC2)nc(Nc2ccc(F)cc2)n1. The van der Waals surface area contributed by atoms with Crippen molar-refractivity contribution >= 4 is 35.3 Å². The molecule has 0 radical (unpaired) electrons. The molecule has 0 bridgehead atoms. The van der Waals surface area contributed by atoms with E-state index in [1.807, 2.05) is 4.90 Å². The van der Waals surface area contributed by atoms with Crippen LogP contribution in [0.1, 0.15) is 25.1 Å². The number of nitrogen functional groups attached to an aromatic ring is 1. The number of likely N-dealkylation sites (tertiary alicyclic amines) is 1. The molecule has 1 aromatic carbocycles. The summed E-state index contributed by atoms with van der Waals surface area (Å²) in [5.41, 5.74) is 6.39. The normalized spacial score (nSPS) is 14.3. The molecule has 1 aliphatic heterocycles. The monoisotopic (exact) mass is 376 g/mol. The minimum Gasteiger partial charge on any atom is -0.368 e. The Morgan fingerprint density at radius 2 is 1.88 bits per heavy atom. The average Bonchev–Trinajstić information content (AvgIpc) is 2.64. The quantitative estimate of drug-likeness (QED) is 0.800. The van der Waals surface area contributed by atoms with Crippen molar-refractivity contribution in [2.45, 2.75) is 25.0 Å². The molecule has 0 unspecified atom stereocenters. The summed E-state index contributed by atoms with van der Waals surface area (Å²) in [6, 6.07) is 5.85. The summed E-state index contributed by atoms with van der Waals surface area (Å²) in [5.74, 6) is 1.59. The Morgan fingerprint density at radius 3 is 2.62 bits per heavy atom. The van der Waals surface area contributed by atoms with Gasteiger partial charge in [0.1, 0.15) is 11.6 Å². The smallest absolute Gasteiger partial charge is 0.232 e. The van der Waals surface area contributed by atoms with Crippen LogP contribution in [0.15, 0.2) is 24.3 Å². The fourth-order valence-electron chi connectivity index (χ4n) is 2.68. The molecule has 3 N–H and O–H groups in total. The van der Waals surface area contributed by atoms with Crippen molar-refractivity contribution in [2.75, 3.05) is 29.9 Å². The minimum absolute atomic E-state index is 0.0996. The van der Waals surface area contributed by atoms with Gasteiger partial charge in [0.25, 0.3) is 0 Å². The van der Waals surface area contributed by atoms with Gasteiger partial charge in [0.2, 0.25) is 17.8 Å². The number of nitrogens with one attached hydrogen (secondary N) is 1. The zero-order chi connectivity index (χ0) is 18.4. The number of anilines is 3. The first-order valence-corrected chi connectivity index (χ1v) is 9.64. The number of rotatable bonds is 6. The van der Waals surface area contributed by atoms with E-state index < -0.39 is 0 Å². The molecule has 0 saturated carbocycles. The van der Waals surface area contributed by atoms with Gasteiger partial charge in [-0.25, -0.2) is 4.39 Å². The van der Waals surface area contributed by atoms with Crippen LogP contribution in [-0.2, 0) is 10.5 Å². The third-order valence-corrected chi connectivity index (χ3v) is 4.88. The van der Waals surface area contributed by atoms with Gasteiger partial charge in [-0.05, 0) is 43.5 Å². The number of hydrogen-bond acceptors (Lipinski definition) is 7. The Balaban J connectivity index is 1.55. The molecule has 0 aliphatic carbocycles. The van der Waals surface area contributed by atoms with Crippen LogP contribution < -0.4 is 11.1 Å². The third-order valence-electron chi connectivity index (χ3n) is 3.96. The van der Waals surface area contributed by atoms with Crippen molar-refractivity contribution in [1.29, 1.82) is 0 Å². The summed E-state index contributed by atoms with van der Waals surface area (Å²) >= 11 is 1.46. The van der Waals surface area contributed by atoms with Crippen LogP contribution >= 0.6 is 11.8 Å². The van der Waals surface area contributed by atoms with Gasteiger partial charge in [-0.1, -0.05) is 0 Å². The van der Waals surface area contributed by atoms with E-state index in [0.717, 1.165) is 25.9 Å². The number of hydrogen-bond donors (Lipinski definition) is 2. The second kappa shape index (κ2) is 8.79. The van der Waals surface area contributed by atoms with Crippen molar-refractivity contribution < 1.29 is 9.18 Å². The fourth-order valence-corrected chi connectivity index (χ4v) is 3.46. The van der Waals surface area contributed by atoms with Crippen LogP contribution in [0.3, 0.4) is 0 Å². The summed E-state index contributed by atoms with van der Waals surface area (Å²) in [7, 11) is 0. The lowest BCUT2D eigenvalue weighted by atomic mass is 10.1. The fraction of sp³-hybridized carbons (Fsp3) is 0.412. The van der Waals surface area contributed by atoms with Crippen molar-refractivity contribution in [2.24, 2.45) is 0 Å². The molecule has 1 saturated heterocycles. The van der Waals surface area contributed by atoms with Crippen molar-refractivity contribution in [3.05, 3.63) is 35.9 Å². The number of nitrogens with two attached hydrogens (primary N) is 1. The molecule has 9 heteroatoms. The van der Waals surface area contributed by atoms with E-state index in [-0.39, 0.29) is 17.7 Å². The van der Waals surface area contributed by atoms with Crippen LogP contribution in [0.4, 0.5) is 22.0 Å². The largest absolute Gasteiger partial charge is 0.368 e. The van der Waals surface area contributed by atoms with Gasteiger partial charge in [0.05, 0.1) is 11.5 Å². The molecule has 1 aliphatic rings. The van der Waals surface area contributed by atoms with E-state index in [4.69, 9.17) is 5.73 Å². The number of benzene rings is 1. The molecule has 0 spiro atoms. The summed E-state index contributed by atoms with van der Waals surface area (Å²) in [6.45, 7) is 1.70. The molecule has 2 aromatic rings. The lowest BCUT2D eigenvalue weighted by molar-refractivity contribution is -0.129. The molecule has 1 aromatic heterocycles. The van der Waals surface area contributed by atoms with Crippen LogP contribution in [0.25, 0.3) is 0 Å². The Bertz CT molecular complexity index is 751. The number of amides is 1. The lowest BCUT2D eigenvalue weighted by Crippen LogP contribution is -2.36. The highest BCUT2D eigenvalue weighted by atomic mass is 32.2. The van der Waals surface area contributed by atoms with Gasteiger partial charge >= 0.3 is 0 Å². The molecule has 3 rings (SSSR count). The van der Waals surface area contributed by atoms with Gasteiger partial charge in [-0.2, -0.15) is 15.0 Å². The number of carbonyl (C=O) groups excluding carboxylic acids is 1. The van der Waals surface area contributed by atoms with Crippen molar-refractivity contribution in [1.82, 2.24) is 19.9 Å². The summed E-state index contributed by atoms with van der Waals surface area (Å²) in [6.07, 6.45) is 3.36. The number of nitrogens with zero attached hydrogens (tertiary/aromatic N) is 4. The number of carbonyl (C=O) groups is 1. The molecule has 26 heavy (non-hydrogen) atoms. The highest BCUT2D eigenvalue weighted by Crippen LogP contribution is 2.17. The molecule has 138 valence electrons. The van der Waals surface area contributed by atoms with E-state index in [0.29, 0.717) is 29.0 Å². The maximum absolute atomic E-state index is 13.0. The Kier molecular flexibility index (Phi) is 6.21. The highest BCUT2D eigenvalue weighted by Gasteiger charge is 2.16. The van der Waals surface area contributed by atoms with Gasteiger partial charge < -0.3 is 16.0 Å². The first kappa shape index (κ1) is 18.4. The molecular weight excluding hydrogens is 355 g/mol. The molecule has 2 heterocycles. The van der Waals surface area contributed by atoms with Gasteiger partial charge in [-0.15, -0.1) is 11.8 Å². The molecule has 1 amide bonds. The van der Waals surface area contributed by atoms with E-state index in [1.165, 1.54) is 30.3 Å². The second-order valence-corrected chi connectivity index (χ2v) is 6.99. The minimum atomic E-state index is -0.318. The maximum atomic E-state index is 13.0. The predicted octanol–water partition coefficient (Wildman–Crippen LogP) is 2.58. The van der Waals surface area contributed by atoms with Crippen LogP contribution in [0, 0.1) is 5.82 Å². The Hall–Kier alpha value is -2.42. The first-order chi connectivity index (χ1) is 12.6. The highest BCUT2D eigenvalue weighted by molar-refractivity contribution is 7.99. The number of aromatic nitrogens is 3. The number of halogens is 1. The summed E-state index contributed by atoms with van der Waals surface area (Å²) in [4.78, 5) is 26.5. The zero-order valence-corrected chi connectivity index (χ0v) is 15.1. The van der Waals surface area contributed by atoms with Crippen LogP contribution in [-0.4, -0.2) is 44.6 Å². The standard InChI is InChI=1S/C17H21FN6OS/c18-12-4-6-13(7-5-12)20-17-22-14(21-16(19)23-17)10-26-11-15(25)24-8-2-1-3-9-24/h4-7H,1-3,8-11H2,(H3,19,20,21,22,23). The van der Waals surface area contributed by atoms with E-state index in [1.54, 1.807) is 12.1 Å². The summed E-state index contributed by atoms with van der Waals surface area (Å²) in [5, 5.41) is 2.97. The average molecular weight is 376 g/mol. The van der Waals surface area contributed by atoms with Crippen molar-refractivity contribution in [3.63, 3.8) is 0 Å². The Morgan fingerprint density at radius 1 is 1.15 bits per heavy atom. The van der Waals surface area contributed by atoms with Gasteiger partial charge in [-0.3, -0.25) is 4.79 Å². The van der Waals surface area contributed by atoms with Gasteiger partial charge in [0, 0.05) is 18.8 Å². The molecule has 7 nitrogen and oxygen atoms in total. The lowest BCUT2D eigenvalue weighted by Gasteiger charge is -2.26. The Labute approximate surface area is 155 Å². The maximum Gasteiger partial charge on any atom is 0.232 e. The van der Waals surface area contributed by atoms with Gasteiger partial charge in [0.15, 0.2) is 0 Å². The zero-order valence-electron chi connectivity index (χ0n) is 14.3. The topological polar surface area (TPSA) is 97.0 Å². The first-order valence-electron chi connectivity index (χ1n) is 8.49. The third kappa shape index (κ3) is 5.29. The number of piperidine rings is 1. The van der Waals surface area contributed by atoms with Crippen LogP contribution in [0.5, 0.6) is 0 Å². The van der Waals surface area contributed by atoms with E-state index in [2.05, 4.69) is 20.3 Å². The number of thioether (sulfide) groups is 1. The molecule has 1 fully saturated rings.